The molecule has 0 bridgehead atoms. The van der Waals surface area contributed by atoms with Crippen LogP contribution in [0.1, 0.15) is 6.42 Å². The first kappa shape index (κ1) is 2.78. The summed E-state index contributed by atoms with van der Waals surface area (Å²) in [6.45, 7) is 0. The predicted molar refractivity (Wildman–Crippen MR) is 21.2 cm³/mol. The van der Waals surface area contributed by atoms with Crippen LogP contribution in [0.2, 0.25) is 0 Å². The molecular weight excluding hydrogens is 60.1 g/mol. The van der Waals surface area contributed by atoms with Gasteiger partial charge in [0.25, 0.3) is 0 Å². The second-order valence-corrected chi connectivity index (χ2v) is 1.24. The van der Waals surface area contributed by atoms with Gasteiger partial charge in [-0.3, -0.25) is 0 Å². The van der Waals surface area contributed by atoms with E-state index < -0.39 is 0 Å². The van der Waals surface area contributed by atoms with E-state index in [2.05, 4.69) is 12.3 Å². The van der Waals surface area contributed by atoms with Gasteiger partial charge in [0.05, 0.1) is 0 Å². The summed E-state index contributed by atoms with van der Waals surface area (Å²) in [4.78, 5) is 0. The van der Waals surface area contributed by atoms with Crippen LogP contribution in [0.4, 0.5) is 0 Å². The minimum atomic E-state index is 0.537. The largest absolute Gasteiger partial charge is 0.120 e. The molecular formula is C5H5. The zero-order valence-corrected chi connectivity index (χ0v) is 2.94. The second-order valence-electron chi connectivity index (χ2n) is 1.24. The molecule has 1 aliphatic carbocycles. The summed E-state index contributed by atoms with van der Waals surface area (Å²) in [7, 11) is 0. The molecule has 25 valence electrons. The Bertz CT molecular complexity index is 62.6. The second kappa shape index (κ2) is 0.755. The summed E-state index contributed by atoms with van der Waals surface area (Å²) < 4.78 is 0. The van der Waals surface area contributed by atoms with E-state index in [1.165, 1.54) is 0 Å². The van der Waals surface area contributed by atoms with Gasteiger partial charge in [0, 0.05) is 5.92 Å². The van der Waals surface area contributed by atoms with Crippen molar-refractivity contribution in [3.8, 4) is 12.3 Å². The zero-order valence-electron chi connectivity index (χ0n) is 2.94. The van der Waals surface area contributed by atoms with Gasteiger partial charge >= 0.3 is 0 Å². The summed E-state index contributed by atoms with van der Waals surface area (Å²) in [5.41, 5.74) is 0. The Kier molecular flexibility index (Phi) is 0.420. The summed E-state index contributed by atoms with van der Waals surface area (Å²) in [6.07, 6.45) is 8.21. The van der Waals surface area contributed by atoms with Crippen molar-refractivity contribution in [3.05, 3.63) is 6.42 Å². The summed E-state index contributed by atoms with van der Waals surface area (Å²) >= 11 is 0. The van der Waals surface area contributed by atoms with Crippen LogP contribution in [0.5, 0.6) is 0 Å². The standard InChI is InChI=1S/C5H5/c1-2-5-3-4-5/h1,3,5H,4H2. The summed E-state index contributed by atoms with van der Waals surface area (Å²) in [6, 6.07) is 0. The van der Waals surface area contributed by atoms with Gasteiger partial charge in [-0.05, 0) is 12.8 Å². The lowest BCUT2D eigenvalue weighted by molar-refractivity contribution is 1.22. The fourth-order valence-corrected chi connectivity index (χ4v) is 0.204. The minimum Gasteiger partial charge on any atom is -0.120 e. The Labute approximate surface area is 32.2 Å². The molecule has 1 aliphatic rings. The molecule has 1 fully saturated rings. The fraction of sp³-hybridized carbons (Fsp3) is 0.400. The number of rotatable bonds is 0. The van der Waals surface area contributed by atoms with Crippen molar-refractivity contribution in [1.29, 1.82) is 0 Å². The van der Waals surface area contributed by atoms with Crippen molar-refractivity contribution in [2.75, 3.05) is 0 Å². The molecule has 0 N–H and O–H groups in total. The molecule has 0 aromatic carbocycles. The van der Waals surface area contributed by atoms with Crippen LogP contribution in [0.15, 0.2) is 0 Å². The lowest BCUT2D eigenvalue weighted by atomic mass is 10.5. The van der Waals surface area contributed by atoms with Gasteiger partial charge in [0.2, 0.25) is 0 Å². The van der Waals surface area contributed by atoms with Crippen LogP contribution in [0, 0.1) is 24.7 Å². The smallest absolute Gasteiger partial charge is 0.0235 e. The number of hydrogen-bond acceptors (Lipinski definition) is 0. The van der Waals surface area contributed by atoms with Crippen LogP contribution in [-0.4, -0.2) is 0 Å². The molecule has 0 amide bonds. The highest BCUT2D eigenvalue weighted by atomic mass is 14.2. The first-order valence-corrected chi connectivity index (χ1v) is 1.73. The molecule has 1 rings (SSSR count). The van der Waals surface area contributed by atoms with E-state index in [0.717, 1.165) is 6.42 Å². The Morgan fingerprint density at radius 3 is 2.60 bits per heavy atom. The molecule has 0 aliphatic heterocycles. The minimum absolute atomic E-state index is 0.537. The summed E-state index contributed by atoms with van der Waals surface area (Å²) in [5.74, 6) is 3.12. The molecule has 0 heterocycles. The van der Waals surface area contributed by atoms with E-state index >= 15 is 0 Å². The van der Waals surface area contributed by atoms with Gasteiger partial charge in [-0.2, -0.15) is 0 Å². The zero-order chi connectivity index (χ0) is 3.70. The molecule has 0 saturated heterocycles. The Morgan fingerprint density at radius 1 is 2.00 bits per heavy atom. The van der Waals surface area contributed by atoms with Gasteiger partial charge in [-0.25, -0.2) is 0 Å². The normalized spacial score (nSPS) is 21.4. The molecule has 1 atom stereocenters. The third kappa shape index (κ3) is 0.417. The van der Waals surface area contributed by atoms with E-state index in [0.29, 0.717) is 5.92 Å². The van der Waals surface area contributed by atoms with E-state index in [4.69, 9.17) is 6.42 Å². The lowest BCUT2D eigenvalue weighted by Gasteiger charge is -1.57. The highest BCUT2D eigenvalue weighted by molar-refractivity contribution is 5.13. The van der Waals surface area contributed by atoms with Crippen LogP contribution >= 0.6 is 0 Å². The van der Waals surface area contributed by atoms with Gasteiger partial charge in [-0.1, -0.05) is 0 Å². The Hall–Kier alpha value is -0.440. The predicted octanol–water partition coefficient (Wildman–Crippen LogP) is 0.844. The molecule has 1 saturated carbocycles. The topological polar surface area (TPSA) is 0 Å². The lowest BCUT2D eigenvalue weighted by Crippen LogP contribution is -1.52. The molecule has 0 heteroatoms. The number of terminal acetylenes is 1. The molecule has 1 unspecified atom stereocenters. The third-order valence-electron chi connectivity index (χ3n) is 0.685. The average Bonchev–Trinajstić information content (AvgIpc) is 2.12. The van der Waals surface area contributed by atoms with Gasteiger partial charge in [0.1, 0.15) is 0 Å². The van der Waals surface area contributed by atoms with Crippen molar-refractivity contribution in [3.63, 3.8) is 0 Å². The van der Waals surface area contributed by atoms with E-state index in [9.17, 15) is 0 Å². The first-order valence-electron chi connectivity index (χ1n) is 1.73. The first-order chi connectivity index (χ1) is 2.43. The number of hydrogen-bond donors (Lipinski definition) is 0. The monoisotopic (exact) mass is 65.0 g/mol. The van der Waals surface area contributed by atoms with Crippen molar-refractivity contribution in [2.24, 2.45) is 5.92 Å². The molecule has 1 radical (unpaired) electrons. The maximum Gasteiger partial charge on any atom is 0.0235 e. The van der Waals surface area contributed by atoms with Crippen LogP contribution in [0.3, 0.4) is 0 Å². The van der Waals surface area contributed by atoms with Crippen molar-refractivity contribution < 1.29 is 0 Å². The van der Waals surface area contributed by atoms with E-state index in [1.807, 2.05) is 0 Å². The molecule has 0 aromatic rings. The van der Waals surface area contributed by atoms with Gasteiger partial charge in [-0.15, -0.1) is 12.3 Å². The highest BCUT2D eigenvalue weighted by Crippen LogP contribution is 2.25. The van der Waals surface area contributed by atoms with Crippen LogP contribution in [-0.2, 0) is 0 Å². The SMILES string of the molecule is C#CC1[CH]C1. The maximum atomic E-state index is 4.95. The molecule has 0 spiro atoms. The van der Waals surface area contributed by atoms with E-state index in [1.54, 1.807) is 0 Å². The van der Waals surface area contributed by atoms with E-state index in [-0.39, 0.29) is 0 Å². The van der Waals surface area contributed by atoms with Gasteiger partial charge < -0.3 is 0 Å². The van der Waals surface area contributed by atoms with Crippen molar-refractivity contribution in [2.45, 2.75) is 6.42 Å². The van der Waals surface area contributed by atoms with Crippen LogP contribution < -0.4 is 0 Å². The van der Waals surface area contributed by atoms with Crippen molar-refractivity contribution in [1.82, 2.24) is 0 Å². The average molecular weight is 65.1 g/mol. The molecule has 5 heavy (non-hydrogen) atoms. The molecule has 0 nitrogen and oxygen atoms in total. The Balaban J connectivity index is 2.30. The Morgan fingerprint density at radius 2 is 2.60 bits per heavy atom. The maximum absolute atomic E-state index is 4.95. The van der Waals surface area contributed by atoms with Crippen molar-refractivity contribution >= 4 is 0 Å². The summed E-state index contributed by atoms with van der Waals surface area (Å²) in [5, 5.41) is 0. The molecule has 0 aromatic heterocycles. The third-order valence-corrected chi connectivity index (χ3v) is 0.685. The quantitative estimate of drug-likeness (QED) is 0.367. The van der Waals surface area contributed by atoms with Gasteiger partial charge in [0.15, 0.2) is 0 Å². The van der Waals surface area contributed by atoms with Crippen LogP contribution in [0.25, 0.3) is 0 Å². The highest BCUT2D eigenvalue weighted by Gasteiger charge is 2.17. The fourth-order valence-electron chi connectivity index (χ4n) is 0.204.